The molecule has 0 aromatic rings. The van der Waals surface area contributed by atoms with E-state index in [4.69, 9.17) is 0 Å². The zero-order valence-electron chi connectivity index (χ0n) is 11.8. The molecule has 0 heterocycles. The molecule has 0 aromatic heterocycles. The Kier molecular flexibility index (Phi) is 13.6. The SMILES string of the molecule is C=C/C=C\C(=C)CC(=O)NCCC(C)C.CC. The minimum atomic E-state index is 0.0364. The molecule has 0 aliphatic rings. The van der Waals surface area contributed by atoms with Crippen molar-refractivity contribution in [1.29, 1.82) is 0 Å². The summed E-state index contributed by atoms with van der Waals surface area (Å²) in [6, 6.07) is 0. The molecule has 17 heavy (non-hydrogen) atoms. The van der Waals surface area contributed by atoms with Crippen LogP contribution in [0.5, 0.6) is 0 Å². The van der Waals surface area contributed by atoms with Crippen LogP contribution in [0.2, 0.25) is 0 Å². The van der Waals surface area contributed by atoms with Gasteiger partial charge in [-0.3, -0.25) is 4.79 Å². The number of carbonyl (C=O) groups excluding carboxylic acids is 1. The Balaban J connectivity index is 0. The lowest BCUT2D eigenvalue weighted by Gasteiger charge is -2.06. The van der Waals surface area contributed by atoms with Gasteiger partial charge in [0.25, 0.3) is 0 Å². The van der Waals surface area contributed by atoms with Crippen LogP contribution in [0.25, 0.3) is 0 Å². The van der Waals surface area contributed by atoms with Crippen molar-refractivity contribution in [3.63, 3.8) is 0 Å². The van der Waals surface area contributed by atoms with Crippen molar-refractivity contribution in [2.45, 2.75) is 40.5 Å². The fraction of sp³-hybridized carbons (Fsp3) is 0.533. The second kappa shape index (κ2) is 12.8. The lowest BCUT2D eigenvalue weighted by Crippen LogP contribution is -2.25. The third-order valence-corrected chi connectivity index (χ3v) is 1.90. The summed E-state index contributed by atoms with van der Waals surface area (Å²) in [5.41, 5.74) is 0.803. The monoisotopic (exact) mass is 237 g/mol. The highest BCUT2D eigenvalue weighted by Crippen LogP contribution is 2.01. The van der Waals surface area contributed by atoms with Crippen molar-refractivity contribution in [2.24, 2.45) is 5.92 Å². The minimum Gasteiger partial charge on any atom is -0.356 e. The molecule has 1 N–H and O–H groups in total. The van der Waals surface area contributed by atoms with Crippen LogP contribution in [-0.2, 0) is 4.79 Å². The van der Waals surface area contributed by atoms with Crippen LogP contribution >= 0.6 is 0 Å². The van der Waals surface area contributed by atoms with Crippen molar-refractivity contribution in [3.8, 4) is 0 Å². The van der Waals surface area contributed by atoms with E-state index in [2.05, 4.69) is 32.3 Å². The van der Waals surface area contributed by atoms with Gasteiger partial charge in [-0.2, -0.15) is 0 Å². The first-order chi connectivity index (χ1) is 8.06. The number of nitrogens with one attached hydrogen (secondary N) is 1. The Hall–Kier alpha value is -1.31. The maximum Gasteiger partial charge on any atom is 0.224 e. The Morgan fingerprint density at radius 3 is 2.41 bits per heavy atom. The normalized spacial score (nSPS) is 9.71. The second-order valence-electron chi connectivity index (χ2n) is 3.96. The van der Waals surface area contributed by atoms with E-state index < -0.39 is 0 Å². The van der Waals surface area contributed by atoms with Gasteiger partial charge in [-0.05, 0) is 17.9 Å². The van der Waals surface area contributed by atoms with Crippen molar-refractivity contribution in [1.82, 2.24) is 5.32 Å². The molecule has 0 unspecified atom stereocenters. The smallest absolute Gasteiger partial charge is 0.224 e. The van der Waals surface area contributed by atoms with E-state index in [0.717, 1.165) is 18.5 Å². The molecule has 0 rings (SSSR count). The first-order valence-electron chi connectivity index (χ1n) is 6.29. The summed E-state index contributed by atoms with van der Waals surface area (Å²) in [5.74, 6) is 0.656. The number of hydrogen-bond donors (Lipinski definition) is 1. The first kappa shape index (κ1) is 18.1. The van der Waals surface area contributed by atoms with Crippen LogP contribution in [-0.4, -0.2) is 12.5 Å². The van der Waals surface area contributed by atoms with Gasteiger partial charge in [0.1, 0.15) is 0 Å². The van der Waals surface area contributed by atoms with E-state index in [0.29, 0.717) is 12.3 Å². The summed E-state index contributed by atoms with van der Waals surface area (Å²) in [6.45, 7) is 16.4. The minimum absolute atomic E-state index is 0.0364. The van der Waals surface area contributed by atoms with Gasteiger partial charge in [0.15, 0.2) is 0 Å². The molecule has 0 radical (unpaired) electrons. The van der Waals surface area contributed by atoms with Gasteiger partial charge in [-0.15, -0.1) is 0 Å². The van der Waals surface area contributed by atoms with Crippen LogP contribution in [0.3, 0.4) is 0 Å². The third kappa shape index (κ3) is 14.7. The molecule has 1 amide bonds. The van der Waals surface area contributed by atoms with Crippen molar-refractivity contribution in [3.05, 3.63) is 37.0 Å². The van der Waals surface area contributed by atoms with Gasteiger partial charge >= 0.3 is 0 Å². The molecule has 0 bridgehead atoms. The van der Waals surface area contributed by atoms with Crippen molar-refractivity contribution in [2.75, 3.05) is 6.54 Å². The van der Waals surface area contributed by atoms with Gasteiger partial charge in [0.05, 0.1) is 6.42 Å². The highest BCUT2D eigenvalue weighted by atomic mass is 16.1. The lowest BCUT2D eigenvalue weighted by atomic mass is 10.1. The van der Waals surface area contributed by atoms with E-state index in [9.17, 15) is 4.79 Å². The largest absolute Gasteiger partial charge is 0.356 e. The second-order valence-corrected chi connectivity index (χ2v) is 3.96. The zero-order valence-corrected chi connectivity index (χ0v) is 11.8. The number of amides is 1. The van der Waals surface area contributed by atoms with Gasteiger partial charge in [0.2, 0.25) is 5.91 Å². The summed E-state index contributed by atoms with van der Waals surface area (Å²) < 4.78 is 0. The molecule has 0 saturated carbocycles. The van der Waals surface area contributed by atoms with Crippen molar-refractivity contribution >= 4 is 5.91 Å². The standard InChI is InChI=1S/C13H21NO.C2H6/c1-5-6-7-12(4)10-13(15)14-9-8-11(2)3;1-2/h5-7,11H,1,4,8-10H2,2-3H3,(H,14,15);1-2H3/b7-6-;. The topological polar surface area (TPSA) is 29.1 Å². The number of allylic oxidation sites excluding steroid dienone is 3. The lowest BCUT2D eigenvalue weighted by molar-refractivity contribution is -0.120. The summed E-state index contributed by atoms with van der Waals surface area (Å²) in [6.07, 6.45) is 6.63. The zero-order chi connectivity index (χ0) is 13.7. The number of rotatable bonds is 7. The van der Waals surface area contributed by atoms with Crippen molar-refractivity contribution < 1.29 is 4.79 Å². The Bertz CT molecular complexity index is 252. The van der Waals surface area contributed by atoms with Crippen LogP contribution < -0.4 is 5.32 Å². The summed E-state index contributed by atoms with van der Waals surface area (Å²) >= 11 is 0. The van der Waals surface area contributed by atoms with E-state index in [1.54, 1.807) is 18.2 Å². The molecular formula is C15H27NO. The van der Waals surface area contributed by atoms with E-state index in [-0.39, 0.29) is 5.91 Å². The Morgan fingerprint density at radius 1 is 1.35 bits per heavy atom. The predicted molar refractivity (Wildman–Crippen MR) is 76.9 cm³/mol. The molecule has 2 nitrogen and oxygen atoms in total. The molecule has 0 saturated heterocycles. The van der Waals surface area contributed by atoms with E-state index in [1.165, 1.54) is 0 Å². The highest BCUT2D eigenvalue weighted by Gasteiger charge is 2.01. The summed E-state index contributed by atoms with van der Waals surface area (Å²) in [4.78, 5) is 11.4. The quantitative estimate of drug-likeness (QED) is 0.669. The summed E-state index contributed by atoms with van der Waals surface area (Å²) in [7, 11) is 0. The highest BCUT2D eigenvalue weighted by molar-refractivity contribution is 5.78. The molecule has 98 valence electrons. The van der Waals surface area contributed by atoms with Crippen LogP contribution in [0.15, 0.2) is 37.0 Å². The van der Waals surface area contributed by atoms with Gasteiger partial charge in [-0.1, -0.05) is 59.1 Å². The van der Waals surface area contributed by atoms with Crippen LogP contribution in [0.1, 0.15) is 40.5 Å². The third-order valence-electron chi connectivity index (χ3n) is 1.90. The van der Waals surface area contributed by atoms with Gasteiger partial charge in [-0.25, -0.2) is 0 Å². The Morgan fingerprint density at radius 2 is 1.94 bits per heavy atom. The average Bonchev–Trinajstić information content (AvgIpc) is 2.28. The number of carbonyl (C=O) groups is 1. The first-order valence-corrected chi connectivity index (χ1v) is 6.29. The fourth-order valence-electron chi connectivity index (χ4n) is 1.03. The summed E-state index contributed by atoms with van der Waals surface area (Å²) in [5, 5.41) is 2.86. The fourth-order valence-corrected chi connectivity index (χ4v) is 1.03. The van der Waals surface area contributed by atoms with Gasteiger partial charge < -0.3 is 5.32 Å². The average molecular weight is 237 g/mol. The van der Waals surface area contributed by atoms with Crippen LogP contribution in [0, 0.1) is 5.92 Å². The number of hydrogen-bond acceptors (Lipinski definition) is 1. The maximum atomic E-state index is 11.4. The molecule has 0 aliphatic heterocycles. The molecule has 0 aliphatic carbocycles. The maximum absolute atomic E-state index is 11.4. The molecular weight excluding hydrogens is 210 g/mol. The molecule has 0 atom stereocenters. The molecule has 0 spiro atoms. The molecule has 2 heteroatoms. The van der Waals surface area contributed by atoms with Gasteiger partial charge in [0, 0.05) is 6.54 Å². The Labute approximate surface area is 106 Å². The predicted octanol–water partition coefficient (Wildman–Crippen LogP) is 3.86. The molecule has 0 fully saturated rings. The van der Waals surface area contributed by atoms with Crippen LogP contribution in [0.4, 0.5) is 0 Å². The van der Waals surface area contributed by atoms with E-state index >= 15 is 0 Å². The van der Waals surface area contributed by atoms with E-state index in [1.807, 2.05) is 13.8 Å². The molecule has 0 aromatic carbocycles.